The van der Waals surface area contributed by atoms with Crippen molar-refractivity contribution in [2.45, 2.75) is 53.9 Å². The van der Waals surface area contributed by atoms with Crippen molar-refractivity contribution in [3.05, 3.63) is 34.9 Å². The molecule has 1 rings (SSSR count). The summed E-state index contributed by atoms with van der Waals surface area (Å²) >= 11 is 0. The van der Waals surface area contributed by atoms with E-state index in [1.165, 1.54) is 30.4 Å². The van der Waals surface area contributed by atoms with Gasteiger partial charge in [-0.25, -0.2) is 0 Å². The highest BCUT2D eigenvalue weighted by Crippen LogP contribution is 2.40. The number of rotatable bonds is 4. The van der Waals surface area contributed by atoms with Crippen LogP contribution in [-0.4, -0.2) is 6.29 Å². The Kier molecular flexibility index (Phi) is 5.13. The van der Waals surface area contributed by atoms with Crippen molar-refractivity contribution in [2.75, 3.05) is 0 Å². The van der Waals surface area contributed by atoms with Gasteiger partial charge in [0, 0.05) is 0 Å². The lowest BCUT2D eigenvalue weighted by atomic mass is 9.72. The van der Waals surface area contributed by atoms with Crippen LogP contribution in [0, 0.1) is 11.3 Å². The third-order valence-corrected chi connectivity index (χ3v) is 3.91. The molecule has 0 aromatic heterocycles. The first kappa shape index (κ1) is 14.9. The summed E-state index contributed by atoms with van der Waals surface area (Å²) < 4.78 is 0. The molecule has 0 amide bonds. The normalized spacial score (nSPS) is 20.9. The van der Waals surface area contributed by atoms with Gasteiger partial charge in [0.25, 0.3) is 0 Å². The van der Waals surface area contributed by atoms with Crippen molar-refractivity contribution in [1.82, 2.24) is 0 Å². The second-order valence-electron chi connectivity index (χ2n) is 6.22. The van der Waals surface area contributed by atoms with Crippen molar-refractivity contribution in [3.8, 4) is 0 Å². The fourth-order valence-electron chi connectivity index (χ4n) is 2.71. The van der Waals surface area contributed by atoms with Gasteiger partial charge in [-0.05, 0) is 54.7 Å². The molecule has 0 fully saturated rings. The van der Waals surface area contributed by atoms with Crippen LogP contribution >= 0.6 is 0 Å². The van der Waals surface area contributed by atoms with Crippen LogP contribution in [0.2, 0.25) is 0 Å². The second kappa shape index (κ2) is 6.17. The number of carbonyl (C=O) groups is 1. The van der Waals surface area contributed by atoms with Gasteiger partial charge in [-0.3, -0.25) is 4.79 Å². The maximum absolute atomic E-state index is 10.6. The van der Waals surface area contributed by atoms with Gasteiger partial charge >= 0.3 is 0 Å². The van der Waals surface area contributed by atoms with E-state index in [0.29, 0.717) is 5.92 Å². The predicted molar refractivity (Wildman–Crippen MR) is 78.5 cm³/mol. The summed E-state index contributed by atoms with van der Waals surface area (Å²) in [7, 11) is 0. The van der Waals surface area contributed by atoms with Crippen molar-refractivity contribution < 1.29 is 4.79 Å². The maximum Gasteiger partial charge on any atom is 0.143 e. The molecule has 100 valence electrons. The van der Waals surface area contributed by atoms with Gasteiger partial charge in [-0.2, -0.15) is 0 Å². The molecule has 0 N–H and O–H groups in total. The van der Waals surface area contributed by atoms with E-state index in [-0.39, 0.29) is 5.41 Å². The van der Waals surface area contributed by atoms with E-state index in [2.05, 4.69) is 46.8 Å². The Balaban J connectivity index is 3.01. The Morgan fingerprint density at radius 1 is 1.33 bits per heavy atom. The van der Waals surface area contributed by atoms with Gasteiger partial charge in [0.1, 0.15) is 6.29 Å². The molecule has 0 bridgehead atoms. The van der Waals surface area contributed by atoms with E-state index in [0.717, 1.165) is 11.9 Å². The quantitative estimate of drug-likeness (QED) is 0.393. The van der Waals surface area contributed by atoms with E-state index in [1.807, 2.05) is 0 Å². The Morgan fingerprint density at radius 3 is 2.50 bits per heavy atom. The summed E-state index contributed by atoms with van der Waals surface area (Å²) in [5.41, 5.74) is 4.32. The standard InChI is InChI=1S/C17H26O/c1-13(2)15(10-12-18)8-9-16-14(3)7-6-11-17(16,4)5/h8-10,12-13H,6-7,11H2,1-5H3/b9-8+,15-10-. The number of hydrogen-bond donors (Lipinski definition) is 0. The fraction of sp³-hybridized carbons (Fsp3) is 0.588. The topological polar surface area (TPSA) is 17.1 Å². The lowest BCUT2D eigenvalue weighted by molar-refractivity contribution is -0.104. The van der Waals surface area contributed by atoms with Crippen molar-refractivity contribution in [2.24, 2.45) is 11.3 Å². The molecule has 0 radical (unpaired) electrons. The lowest BCUT2D eigenvalue weighted by Gasteiger charge is -2.33. The Bertz CT molecular complexity index is 392. The SMILES string of the molecule is CC1=C(/C=C/C(=C/C=O)C(C)C)C(C)(C)CCC1. The third kappa shape index (κ3) is 3.69. The molecular weight excluding hydrogens is 220 g/mol. The van der Waals surface area contributed by atoms with Gasteiger partial charge in [0.15, 0.2) is 0 Å². The Labute approximate surface area is 112 Å². The second-order valence-corrected chi connectivity index (χ2v) is 6.22. The summed E-state index contributed by atoms with van der Waals surface area (Å²) in [6, 6.07) is 0. The summed E-state index contributed by atoms with van der Waals surface area (Å²) in [5.74, 6) is 0.388. The van der Waals surface area contributed by atoms with Crippen molar-refractivity contribution in [1.29, 1.82) is 0 Å². The van der Waals surface area contributed by atoms with Crippen LogP contribution in [0.5, 0.6) is 0 Å². The van der Waals surface area contributed by atoms with Crippen LogP contribution in [0.1, 0.15) is 53.9 Å². The minimum atomic E-state index is 0.266. The molecule has 0 aliphatic heterocycles. The van der Waals surface area contributed by atoms with E-state index in [1.54, 1.807) is 6.08 Å². The van der Waals surface area contributed by atoms with E-state index in [4.69, 9.17) is 0 Å². The highest BCUT2D eigenvalue weighted by Gasteiger charge is 2.26. The minimum absolute atomic E-state index is 0.266. The molecule has 0 aromatic carbocycles. The van der Waals surface area contributed by atoms with Crippen molar-refractivity contribution in [3.63, 3.8) is 0 Å². The Hall–Kier alpha value is -1.11. The fourth-order valence-corrected chi connectivity index (χ4v) is 2.71. The predicted octanol–water partition coefficient (Wildman–Crippen LogP) is 4.85. The third-order valence-electron chi connectivity index (χ3n) is 3.91. The number of carbonyl (C=O) groups excluding carboxylic acids is 1. The van der Waals surface area contributed by atoms with Gasteiger partial charge in [0.2, 0.25) is 0 Å². The molecule has 0 heterocycles. The molecule has 0 atom stereocenters. The zero-order chi connectivity index (χ0) is 13.8. The average Bonchev–Trinajstić information content (AvgIpc) is 2.25. The zero-order valence-corrected chi connectivity index (χ0v) is 12.4. The molecule has 0 saturated carbocycles. The molecule has 1 aliphatic rings. The van der Waals surface area contributed by atoms with Crippen molar-refractivity contribution >= 4 is 6.29 Å². The van der Waals surface area contributed by atoms with Gasteiger partial charge in [-0.1, -0.05) is 45.4 Å². The first-order valence-corrected chi connectivity index (χ1v) is 6.92. The number of allylic oxidation sites excluding steroid dienone is 6. The molecule has 0 unspecified atom stereocenters. The van der Waals surface area contributed by atoms with Crippen LogP contribution in [0.4, 0.5) is 0 Å². The first-order valence-electron chi connectivity index (χ1n) is 6.92. The summed E-state index contributed by atoms with van der Waals surface area (Å²) in [6.07, 6.45) is 10.6. The molecule has 1 aliphatic carbocycles. The molecular formula is C17H26O. The Morgan fingerprint density at radius 2 is 2.00 bits per heavy atom. The monoisotopic (exact) mass is 246 g/mol. The molecule has 0 saturated heterocycles. The highest BCUT2D eigenvalue weighted by atomic mass is 16.1. The van der Waals surface area contributed by atoms with Gasteiger partial charge in [0.05, 0.1) is 0 Å². The van der Waals surface area contributed by atoms with Crippen LogP contribution in [0.25, 0.3) is 0 Å². The summed E-state index contributed by atoms with van der Waals surface area (Å²) in [4.78, 5) is 10.6. The smallest absolute Gasteiger partial charge is 0.143 e. The van der Waals surface area contributed by atoms with Crippen LogP contribution in [0.3, 0.4) is 0 Å². The minimum Gasteiger partial charge on any atom is -0.299 e. The molecule has 1 heteroatoms. The van der Waals surface area contributed by atoms with Crippen LogP contribution < -0.4 is 0 Å². The molecule has 0 spiro atoms. The highest BCUT2D eigenvalue weighted by molar-refractivity contribution is 5.67. The van der Waals surface area contributed by atoms with Gasteiger partial charge < -0.3 is 0 Å². The largest absolute Gasteiger partial charge is 0.299 e. The van der Waals surface area contributed by atoms with Gasteiger partial charge in [-0.15, -0.1) is 0 Å². The molecule has 1 nitrogen and oxygen atoms in total. The lowest BCUT2D eigenvalue weighted by Crippen LogP contribution is -2.19. The zero-order valence-electron chi connectivity index (χ0n) is 12.4. The van der Waals surface area contributed by atoms with E-state index < -0.39 is 0 Å². The maximum atomic E-state index is 10.6. The number of aldehydes is 1. The summed E-state index contributed by atoms with van der Waals surface area (Å²) in [5, 5.41) is 0. The van der Waals surface area contributed by atoms with E-state index >= 15 is 0 Å². The van der Waals surface area contributed by atoms with Crippen LogP contribution in [-0.2, 0) is 4.79 Å². The number of hydrogen-bond acceptors (Lipinski definition) is 1. The first-order chi connectivity index (χ1) is 8.38. The molecule has 18 heavy (non-hydrogen) atoms. The average molecular weight is 246 g/mol. The molecule has 0 aromatic rings. The summed E-state index contributed by atoms with van der Waals surface area (Å²) in [6.45, 7) is 11.1. The van der Waals surface area contributed by atoms with Crippen LogP contribution in [0.15, 0.2) is 34.9 Å². The van der Waals surface area contributed by atoms with E-state index in [9.17, 15) is 4.79 Å².